The molecule has 2 aliphatic heterocycles. The predicted molar refractivity (Wildman–Crippen MR) is 120 cm³/mol. The van der Waals surface area contributed by atoms with E-state index in [9.17, 15) is 19.5 Å². The van der Waals surface area contributed by atoms with Gasteiger partial charge in [0.05, 0.1) is 13.2 Å². The Bertz CT molecular complexity index is 1060. The van der Waals surface area contributed by atoms with Crippen molar-refractivity contribution in [3.05, 3.63) is 71.8 Å². The summed E-state index contributed by atoms with van der Waals surface area (Å²) in [6, 6.07) is 12.3. The van der Waals surface area contributed by atoms with Crippen LogP contribution in [0.5, 0.6) is 0 Å². The maximum Gasteiger partial charge on any atom is 0.312 e. The third kappa shape index (κ3) is 4.35. The summed E-state index contributed by atoms with van der Waals surface area (Å²) in [7, 11) is 0. The highest BCUT2D eigenvalue weighted by atomic mass is 16.5. The number of aliphatic carboxylic acids is 1. The number of hydrogen-bond acceptors (Lipinski definition) is 5. The molecule has 4 rings (SSSR count). The number of amides is 1. The molecular weight excluding hydrogens is 408 g/mol. The van der Waals surface area contributed by atoms with Gasteiger partial charge in [0.15, 0.2) is 5.78 Å². The fraction of sp³-hybridized carbons (Fsp3) is 0.320. The summed E-state index contributed by atoms with van der Waals surface area (Å²) in [6.07, 6.45) is 1.26. The Morgan fingerprint density at radius 1 is 1.09 bits per heavy atom. The summed E-state index contributed by atoms with van der Waals surface area (Å²) in [5, 5.41) is 9.92. The summed E-state index contributed by atoms with van der Waals surface area (Å²) in [6.45, 7) is 7.82. The van der Waals surface area contributed by atoms with Crippen molar-refractivity contribution in [1.82, 2.24) is 9.80 Å². The molecule has 1 atom stereocenters. The number of carbonyl (C=O) groups excluding carboxylic acids is 2. The molecule has 32 heavy (non-hydrogen) atoms. The number of morpholine rings is 1. The van der Waals surface area contributed by atoms with Crippen molar-refractivity contribution in [2.45, 2.75) is 5.92 Å². The Hall–Kier alpha value is -3.29. The fourth-order valence-corrected chi connectivity index (χ4v) is 4.34. The van der Waals surface area contributed by atoms with Crippen molar-refractivity contribution in [1.29, 1.82) is 0 Å². The van der Waals surface area contributed by atoms with Crippen molar-refractivity contribution in [3.8, 4) is 11.1 Å². The Balaban J connectivity index is 1.64. The number of ketones is 1. The number of hydrogen-bond donors (Lipinski definition) is 1. The number of benzene rings is 2. The minimum absolute atomic E-state index is 0.127. The van der Waals surface area contributed by atoms with Crippen LogP contribution < -0.4 is 0 Å². The van der Waals surface area contributed by atoms with Crippen LogP contribution in [0.15, 0.2) is 55.1 Å². The molecule has 166 valence electrons. The molecule has 1 unspecified atom stereocenters. The van der Waals surface area contributed by atoms with Gasteiger partial charge < -0.3 is 14.7 Å². The minimum atomic E-state index is -0.970. The largest absolute Gasteiger partial charge is 0.481 e. The summed E-state index contributed by atoms with van der Waals surface area (Å²) in [5.41, 5.74) is 2.77. The number of ether oxygens (including phenoxy) is 1. The van der Waals surface area contributed by atoms with Crippen LogP contribution in [-0.2, 0) is 9.53 Å². The van der Waals surface area contributed by atoms with Gasteiger partial charge in [0.25, 0.3) is 5.91 Å². The van der Waals surface area contributed by atoms with Gasteiger partial charge in [-0.05, 0) is 34.9 Å². The first-order chi connectivity index (χ1) is 15.5. The normalized spacial score (nSPS) is 18.8. The standard InChI is InChI=1S/C25H26N2O5/c1-2-23(28)19-6-4-3-5-18(19)17-7-8-20-21(15-17)22(25(30)31)16-27(24(20)29)10-9-26-11-13-32-14-12-26/h2-8,15,22H,1,9-14,16H2,(H,30,31). The van der Waals surface area contributed by atoms with E-state index in [1.807, 2.05) is 12.1 Å². The van der Waals surface area contributed by atoms with Crippen molar-refractivity contribution >= 4 is 17.7 Å². The van der Waals surface area contributed by atoms with E-state index in [0.29, 0.717) is 54.1 Å². The van der Waals surface area contributed by atoms with E-state index in [0.717, 1.165) is 13.1 Å². The number of carboxylic acids is 1. The molecule has 2 aromatic rings. The van der Waals surface area contributed by atoms with E-state index in [2.05, 4.69) is 11.5 Å². The summed E-state index contributed by atoms with van der Waals surface area (Å²) in [5.74, 6) is -2.16. The van der Waals surface area contributed by atoms with Crippen LogP contribution >= 0.6 is 0 Å². The first-order valence-corrected chi connectivity index (χ1v) is 10.7. The molecule has 0 aliphatic carbocycles. The van der Waals surface area contributed by atoms with Crippen molar-refractivity contribution < 1.29 is 24.2 Å². The molecule has 2 aliphatic rings. The summed E-state index contributed by atoms with van der Waals surface area (Å²) < 4.78 is 5.36. The van der Waals surface area contributed by atoms with Crippen molar-refractivity contribution in [3.63, 3.8) is 0 Å². The zero-order valence-electron chi connectivity index (χ0n) is 17.8. The number of fused-ring (bicyclic) bond motifs is 1. The number of allylic oxidation sites excluding steroid dienone is 1. The summed E-state index contributed by atoms with van der Waals surface area (Å²) in [4.78, 5) is 41.4. The molecule has 2 aromatic carbocycles. The molecule has 0 aromatic heterocycles. The molecule has 2 heterocycles. The lowest BCUT2D eigenvalue weighted by atomic mass is 9.85. The van der Waals surface area contributed by atoms with Gasteiger partial charge in [0.1, 0.15) is 5.92 Å². The van der Waals surface area contributed by atoms with Crippen LogP contribution in [0, 0.1) is 0 Å². The molecule has 1 amide bonds. The molecule has 7 heteroatoms. The topological polar surface area (TPSA) is 87.2 Å². The second-order valence-corrected chi connectivity index (χ2v) is 8.01. The van der Waals surface area contributed by atoms with Gasteiger partial charge >= 0.3 is 5.97 Å². The lowest BCUT2D eigenvalue weighted by Crippen LogP contribution is -2.47. The van der Waals surface area contributed by atoms with Crippen LogP contribution in [0.1, 0.15) is 32.2 Å². The molecule has 0 radical (unpaired) electrons. The monoisotopic (exact) mass is 434 g/mol. The molecule has 7 nitrogen and oxygen atoms in total. The van der Waals surface area contributed by atoms with Crippen LogP contribution in [-0.4, -0.2) is 78.5 Å². The second kappa shape index (κ2) is 9.46. The smallest absolute Gasteiger partial charge is 0.312 e. The first kappa shape index (κ1) is 21.9. The van der Waals surface area contributed by atoms with E-state index in [-0.39, 0.29) is 18.2 Å². The highest BCUT2D eigenvalue weighted by Crippen LogP contribution is 2.34. The van der Waals surface area contributed by atoms with Gasteiger partial charge in [0, 0.05) is 43.9 Å². The van der Waals surface area contributed by atoms with Crippen LogP contribution in [0.3, 0.4) is 0 Å². The van der Waals surface area contributed by atoms with Gasteiger partial charge in [-0.1, -0.05) is 36.9 Å². The second-order valence-electron chi connectivity index (χ2n) is 8.01. The fourth-order valence-electron chi connectivity index (χ4n) is 4.34. The van der Waals surface area contributed by atoms with Gasteiger partial charge in [0.2, 0.25) is 0 Å². The van der Waals surface area contributed by atoms with Gasteiger partial charge in [-0.3, -0.25) is 19.3 Å². The SMILES string of the molecule is C=CC(=O)c1ccccc1-c1ccc2c(c1)C(C(=O)O)CN(CCN1CCOCC1)C2=O. The average molecular weight is 434 g/mol. The van der Waals surface area contributed by atoms with E-state index >= 15 is 0 Å². The van der Waals surface area contributed by atoms with Crippen molar-refractivity contribution in [2.75, 3.05) is 45.9 Å². The van der Waals surface area contributed by atoms with E-state index in [1.54, 1.807) is 35.2 Å². The molecule has 1 saturated heterocycles. The lowest BCUT2D eigenvalue weighted by molar-refractivity contribution is -0.139. The highest BCUT2D eigenvalue weighted by Gasteiger charge is 2.35. The number of rotatable bonds is 7. The number of nitrogens with zero attached hydrogens (tertiary/aromatic N) is 2. The number of carbonyl (C=O) groups is 3. The highest BCUT2D eigenvalue weighted by molar-refractivity contribution is 6.09. The van der Waals surface area contributed by atoms with Gasteiger partial charge in [-0.15, -0.1) is 0 Å². The van der Waals surface area contributed by atoms with Gasteiger partial charge in [-0.2, -0.15) is 0 Å². The van der Waals surface area contributed by atoms with Crippen LogP contribution in [0.25, 0.3) is 11.1 Å². The zero-order chi connectivity index (χ0) is 22.7. The van der Waals surface area contributed by atoms with Gasteiger partial charge in [-0.25, -0.2) is 0 Å². The first-order valence-electron chi connectivity index (χ1n) is 10.7. The maximum atomic E-state index is 13.1. The molecule has 0 saturated carbocycles. The Morgan fingerprint density at radius 3 is 2.56 bits per heavy atom. The Labute approximate surface area is 186 Å². The van der Waals surface area contributed by atoms with E-state index < -0.39 is 11.9 Å². The van der Waals surface area contributed by atoms with E-state index in [1.165, 1.54) is 6.08 Å². The average Bonchev–Trinajstić information content (AvgIpc) is 2.83. The summed E-state index contributed by atoms with van der Waals surface area (Å²) >= 11 is 0. The Kier molecular flexibility index (Phi) is 6.48. The minimum Gasteiger partial charge on any atom is -0.481 e. The molecule has 0 spiro atoms. The van der Waals surface area contributed by atoms with Crippen molar-refractivity contribution in [2.24, 2.45) is 0 Å². The maximum absolute atomic E-state index is 13.1. The van der Waals surface area contributed by atoms with Crippen LogP contribution in [0.4, 0.5) is 0 Å². The molecule has 1 N–H and O–H groups in total. The molecule has 0 bridgehead atoms. The predicted octanol–water partition coefficient (Wildman–Crippen LogP) is 2.68. The third-order valence-corrected chi connectivity index (χ3v) is 6.12. The lowest BCUT2D eigenvalue weighted by Gasteiger charge is -2.35. The third-order valence-electron chi connectivity index (χ3n) is 6.12. The quantitative estimate of drug-likeness (QED) is 0.533. The zero-order valence-corrected chi connectivity index (χ0v) is 17.8. The molecular formula is C25H26N2O5. The van der Waals surface area contributed by atoms with Crippen LogP contribution in [0.2, 0.25) is 0 Å². The molecule has 1 fully saturated rings. The van der Waals surface area contributed by atoms with E-state index in [4.69, 9.17) is 4.74 Å². The number of carboxylic acid groups (broad SMARTS) is 1. The Morgan fingerprint density at radius 2 is 1.84 bits per heavy atom.